The van der Waals surface area contributed by atoms with Gasteiger partial charge in [0.25, 0.3) is 0 Å². The number of carbonyl (C=O) groups is 1. The first-order chi connectivity index (χ1) is 10.0. The van der Waals surface area contributed by atoms with Crippen LogP contribution >= 0.6 is 11.3 Å². The smallest absolute Gasteiger partial charge is 0.223 e. The number of aryl methyl sites for hydroxylation is 1. The number of unbranched alkanes of at least 4 members (excludes halogenated alkanes) is 1. The van der Waals surface area contributed by atoms with E-state index in [1.54, 1.807) is 11.3 Å². The van der Waals surface area contributed by atoms with E-state index in [1.807, 2.05) is 16.3 Å². The van der Waals surface area contributed by atoms with Crippen LogP contribution in [0.5, 0.6) is 0 Å². The molecule has 2 rings (SSSR count). The third-order valence-corrected chi connectivity index (χ3v) is 6.41. The molecule has 1 saturated heterocycles. The Balaban J connectivity index is 1.96. The first-order valence-electron chi connectivity index (χ1n) is 7.53. The molecule has 1 atom stereocenters. The summed E-state index contributed by atoms with van der Waals surface area (Å²) in [5.41, 5.74) is 1.18. The molecule has 0 aromatic carbocycles. The molecule has 1 aliphatic rings. The summed E-state index contributed by atoms with van der Waals surface area (Å²) in [6.07, 6.45) is 3.74. The van der Waals surface area contributed by atoms with Crippen LogP contribution in [-0.2, 0) is 21.1 Å². The van der Waals surface area contributed by atoms with E-state index in [0.29, 0.717) is 19.4 Å². The molecule has 0 spiro atoms. The molecular formula is C15H23NO3S2. The topological polar surface area (TPSA) is 54.5 Å². The molecule has 4 nitrogen and oxygen atoms in total. The predicted molar refractivity (Wildman–Crippen MR) is 86.3 cm³/mol. The lowest BCUT2D eigenvalue weighted by molar-refractivity contribution is -0.133. The highest BCUT2D eigenvalue weighted by Crippen LogP contribution is 2.20. The van der Waals surface area contributed by atoms with Crippen molar-refractivity contribution in [3.63, 3.8) is 0 Å². The number of hydrogen-bond donors (Lipinski definition) is 0. The van der Waals surface area contributed by atoms with E-state index < -0.39 is 9.84 Å². The lowest BCUT2D eigenvalue weighted by Gasteiger charge is -2.28. The fourth-order valence-corrected chi connectivity index (χ4v) is 5.12. The summed E-state index contributed by atoms with van der Waals surface area (Å²) in [5.74, 6) is 0.454. The minimum Gasteiger partial charge on any atom is -0.339 e. The van der Waals surface area contributed by atoms with Gasteiger partial charge in [-0.2, -0.15) is 11.3 Å². The number of amides is 1. The van der Waals surface area contributed by atoms with Gasteiger partial charge in [-0.15, -0.1) is 0 Å². The minimum atomic E-state index is -2.95. The van der Waals surface area contributed by atoms with Gasteiger partial charge in [-0.3, -0.25) is 4.79 Å². The first kappa shape index (κ1) is 16.5. The Kier molecular flexibility index (Phi) is 5.81. The molecule has 1 aromatic rings. The maximum Gasteiger partial charge on any atom is 0.223 e. The Labute approximate surface area is 131 Å². The van der Waals surface area contributed by atoms with Crippen LogP contribution in [0, 0.1) is 0 Å². The Morgan fingerprint density at radius 1 is 1.48 bits per heavy atom. The summed E-state index contributed by atoms with van der Waals surface area (Å²) in [7, 11) is -2.95. The number of thiophene rings is 1. The number of rotatable bonds is 7. The highest BCUT2D eigenvalue weighted by Gasteiger charge is 2.34. The van der Waals surface area contributed by atoms with Crippen LogP contribution in [0.15, 0.2) is 16.8 Å². The van der Waals surface area contributed by atoms with Crippen molar-refractivity contribution in [1.82, 2.24) is 4.90 Å². The molecule has 1 unspecified atom stereocenters. The van der Waals surface area contributed by atoms with Crippen LogP contribution in [0.1, 0.15) is 38.2 Å². The van der Waals surface area contributed by atoms with Crippen molar-refractivity contribution in [3.05, 3.63) is 22.4 Å². The van der Waals surface area contributed by atoms with Gasteiger partial charge in [-0.05, 0) is 41.7 Å². The van der Waals surface area contributed by atoms with Crippen LogP contribution in [0.25, 0.3) is 0 Å². The van der Waals surface area contributed by atoms with Crippen molar-refractivity contribution in [2.24, 2.45) is 0 Å². The van der Waals surface area contributed by atoms with Gasteiger partial charge in [-0.25, -0.2) is 8.42 Å². The summed E-state index contributed by atoms with van der Waals surface area (Å²) in [6.45, 7) is 2.76. The summed E-state index contributed by atoms with van der Waals surface area (Å²) in [6, 6.07) is 1.92. The van der Waals surface area contributed by atoms with Gasteiger partial charge in [-0.1, -0.05) is 13.3 Å². The van der Waals surface area contributed by atoms with Crippen LogP contribution in [0.3, 0.4) is 0 Å². The third-order valence-electron chi connectivity index (χ3n) is 3.93. The van der Waals surface area contributed by atoms with Crippen LogP contribution in [-0.4, -0.2) is 43.3 Å². The molecule has 0 aliphatic carbocycles. The van der Waals surface area contributed by atoms with E-state index in [-0.39, 0.29) is 23.5 Å². The molecule has 6 heteroatoms. The molecule has 1 aliphatic heterocycles. The van der Waals surface area contributed by atoms with Crippen molar-refractivity contribution >= 4 is 27.1 Å². The fourth-order valence-electron chi connectivity index (χ4n) is 2.69. The van der Waals surface area contributed by atoms with Crippen molar-refractivity contribution in [1.29, 1.82) is 0 Å². The van der Waals surface area contributed by atoms with Crippen molar-refractivity contribution < 1.29 is 13.2 Å². The predicted octanol–water partition coefficient (Wildman–Crippen LogP) is 2.50. The Hall–Kier alpha value is -0.880. The lowest BCUT2D eigenvalue weighted by Crippen LogP contribution is -2.41. The Bertz CT molecular complexity index is 551. The summed E-state index contributed by atoms with van der Waals surface area (Å²) < 4.78 is 23.3. The molecule has 1 fully saturated rings. The molecular weight excluding hydrogens is 306 g/mol. The van der Waals surface area contributed by atoms with Gasteiger partial charge in [0.15, 0.2) is 9.84 Å². The van der Waals surface area contributed by atoms with Gasteiger partial charge in [0.05, 0.1) is 11.5 Å². The summed E-state index contributed by atoms with van der Waals surface area (Å²) in [5, 5.41) is 4.07. The molecule has 1 aromatic heterocycles. The molecule has 2 heterocycles. The Morgan fingerprint density at radius 2 is 2.29 bits per heavy atom. The zero-order valence-electron chi connectivity index (χ0n) is 12.5. The zero-order chi connectivity index (χ0) is 15.3. The monoisotopic (exact) mass is 329 g/mol. The number of sulfone groups is 1. The van der Waals surface area contributed by atoms with Crippen LogP contribution < -0.4 is 0 Å². The van der Waals surface area contributed by atoms with Crippen molar-refractivity contribution in [3.8, 4) is 0 Å². The van der Waals surface area contributed by atoms with E-state index in [4.69, 9.17) is 0 Å². The molecule has 0 N–H and O–H groups in total. The molecule has 0 radical (unpaired) electrons. The van der Waals surface area contributed by atoms with Crippen LogP contribution in [0.4, 0.5) is 0 Å². The Morgan fingerprint density at radius 3 is 2.86 bits per heavy atom. The normalized spacial score (nSPS) is 20.5. The van der Waals surface area contributed by atoms with E-state index in [1.165, 1.54) is 5.56 Å². The second-order valence-electron chi connectivity index (χ2n) is 5.63. The number of hydrogen-bond acceptors (Lipinski definition) is 4. The highest BCUT2D eigenvalue weighted by molar-refractivity contribution is 7.91. The van der Waals surface area contributed by atoms with E-state index >= 15 is 0 Å². The quantitative estimate of drug-likeness (QED) is 0.772. The maximum atomic E-state index is 12.5. The lowest BCUT2D eigenvalue weighted by atomic mass is 10.1. The highest BCUT2D eigenvalue weighted by atomic mass is 32.2. The number of carbonyl (C=O) groups excluding carboxylic acids is 1. The molecule has 0 saturated carbocycles. The van der Waals surface area contributed by atoms with Gasteiger partial charge in [0.2, 0.25) is 5.91 Å². The van der Waals surface area contributed by atoms with Gasteiger partial charge >= 0.3 is 0 Å². The van der Waals surface area contributed by atoms with E-state index in [0.717, 1.165) is 19.3 Å². The standard InChI is InChI=1S/C15H23NO3S2/c1-2-3-8-16(14-7-10-21(18,19)12-14)15(17)5-4-13-6-9-20-11-13/h6,9,11,14H,2-5,7-8,10,12H2,1H3. The largest absolute Gasteiger partial charge is 0.339 e. The number of nitrogens with zero attached hydrogens (tertiary/aromatic N) is 1. The van der Waals surface area contributed by atoms with Gasteiger partial charge in [0, 0.05) is 19.0 Å². The van der Waals surface area contributed by atoms with E-state index in [2.05, 4.69) is 12.3 Å². The average Bonchev–Trinajstić information content (AvgIpc) is 3.06. The molecule has 0 bridgehead atoms. The fraction of sp³-hybridized carbons (Fsp3) is 0.667. The summed E-state index contributed by atoms with van der Waals surface area (Å²) in [4.78, 5) is 14.3. The van der Waals surface area contributed by atoms with E-state index in [9.17, 15) is 13.2 Å². The van der Waals surface area contributed by atoms with Crippen molar-refractivity contribution in [2.75, 3.05) is 18.1 Å². The average molecular weight is 329 g/mol. The third kappa shape index (κ3) is 4.81. The first-order valence-corrected chi connectivity index (χ1v) is 10.3. The second kappa shape index (κ2) is 7.40. The molecule has 1 amide bonds. The molecule has 21 heavy (non-hydrogen) atoms. The summed E-state index contributed by atoms with van der Waals surface area (Å²) >= 11 is 1.63. The second-order valence-corrected chi connectivity index (χ2v) is 8.64. The SMILES string of the molecule is CCCCN(C(=O)CCc1ccsc1)C1CCS(=O)(=O)C1. The molecule has 118 valence electrons. The van der Waals surface area contributed by atoms with Gasteiger partial charge in [0.1, 0.15) is 0 Å². The van der Waals surface area contributed by atoms with Gasteiger partial charge < -0.3 is 4.90 Å². The zero-order valence-corrected chi connectivity index (χ0v) is 14.1. The van der Waals surface area contributed by atoms with Crippen LogP contribution in [0.2, 0.25) is 0 Å². The maximum absolute atomic E-state index is 12.5. The van der Waals surface area contributed by atoms with Crippen molar-refractivity contribution in [2.45, 2.75) is 45.1 Å². The minimum absolute atomic E-state index is 0.0942.